The van der Waals surface area contributed by atoms with Gasteiger partial charge in [-0.05, 0) is 38.1 Å². The van der Waals surface area contributed by atoms with Crippen LogP contribution in [0.1, 0.15) is 33.8 Å². The summed E-state index contributed by atoms with van der Waals surface area (Å²) in [5, 5.41) is 4.05. The maximum Gasteiger partial charge on any atom is 0.185 e. The van der Waals surface area contributed by atoms with Crippen molar-refractivity contribution in [2.75, 3.05) is 6.61 Å². The molecule has 134 valence electrons. The molecule has 0 N–H and O–H groups in total. The van der Waals surface area contributed by atoms with E-state index in [-0.39, 0.29) is 6.04 Å². The lowest BCUT2D eigenvalue weighted by atomic mass is 10.0. The number of aromatic nitrogens is 4. The van der Waals surface area contributed by atoms with Crippen LogP contribution in [-0.4, -0.2) is 32.6 Å². The summed E-state index contributed by atoms with van der Waals surface area (Å²) in [6, 6.07) is 9.33. The lowest BCUT2D eigenvalue weighted by Crippen LogP contribution is -2.25. The van der Waals surface area contributed by atoms with Crippen molar-refractivity contribution in [3.8, 4) is 16.9 Å². The third kappa shape index (κ3) is 2.21. The Hall–Kier alpha value is -3.48. The average molecular weight is 360 g/mol. The van der Waals surface area contributed by atoms with E-state index >= 15 is 0 Å². The number of aryl methyl sites for hydroxylation is 2. The second-order valence-corrected chi connectivity index (χ2v) is 6.55. The number of pyridine rings is 1. The highest BCUT2D eigenvalue weighted by Crippen LogP contribution is 2.44. The number of imidazole rings is 1. The highest BCUT2D eigenvalue weighted by Gasteiger charge is 2.31. The molecule has 4 heterocycles. The van der Waals surface area contributed by atoms with Gasteiger partial charge in [0.1, 0.15) is 23.9 Å². The minimum atomic E-state index is -0.219. The van der Waals surface area contributed by atoms with E-state index in [0.29, 0.717) is 23.7 Å². The minimum absolute atomic E-state index is 0.219. The third-order valence-corrected chi connectivity index (χ3v) is 4.97. The van der Waals surface area contributed by atoms with Gasteiger partial charge in [-0.3, -0.25) is 9.78 Å². The quantitative estimate of drug-likeness (QED) is 0.520. The lowest BCUT2D eigenvalue weighted by Gasteiger charge is -2.27. The molecule has 1 unspecified atom stereocenters. The number of hydrogen-bond acceptors (Lipinski definition) is 6. The van der Waals surface area contributed by atoms with Crippen LogP contribution in [0.3, 0.4) is 0 Å². The Kier molecular flexibility index (Phi) is 3.36. The molecule has 0 bridgehead atoms. The molecule has 1 aromatic carbocycles. The van der Waals surface area contributed by atoms with Crippen LogP contribution >= 0.6 is 0 Å². The van der Waals surface area contributed by atoms with Gasteiger partial charge in [-0.25, -0.2) is 4.98 Å². The molecular formula is C20H16N4O3. The van der Waals surface area contributed by atoms with Gasteiger partial charge >= 0.3 is 0 Å². The first-order valence-electron chi connectivity index (χ1n) is 8.66. The summed E-state index contributed by atoms with van der Waals surface area (Å²) in [5.41, 5.74) is 4.91. The summed E-state index contributed by atoms with van der Waals surface area (Å²) < 4.78 is 13.5. The van der Waals surface area contributed by atoms with Crippen molar-refractivity contribution >= 4 is 17.3 Å². The molecule has 0 saturated heterocycles. The molecule has 0 aliphatic carbocycles. The van der Waals surface area contributed by atoms with Crippen molar-refractivity contribution in [2.24, 2.45) is 0 Å². The van der Waals surface area contributed by atoms with Crippen LogP contribution in [0.2, 0.25) is 0 Å². The summed E-state index contributed by atoms with van der Waals surface area (Å²) >= 11 is 0. The molecule has 3 aromatic heterocycles. The largest absolute Gasteiger partial charge is 0.488 e. The van der Waals surface area contributed by atoms with E-state index in [9.17, 15) is 4.79 Å². The minimum Gasteiger partial charge on any atom is -0.488 e. The van der Waals surface area contributed by atoms with E-state index in [0.717, 1.165) is 40.1 Å². The molecule has 0 amide bonds. The number of hydrogen-bond donors (Lipinski definition) is 0. The zero-order valence-electron chi connectivity index (χ0n) is 14.8. The Morgan fingerprint density at radius 2 is 2.11 bits per heavy atom. The zero-order valence-corrected chi connectivity index (χ0v) is 14.8. The zero-order chi connectivity index (χ0) is 18.5. The number of ether oxygens (including phenoxy) is 1. The van der Waals surface area contributed by atoms with Crippen LogP contribution < -0.4 is 4.74 Å². The molecule has 4 aromatic rings. The Bertz CT molecular complexity index is 1160. The third-order valence-electron chi connectivity index (χ3n) is 4.97. The fourth-order valence-corrected chi connectivity index (χ4v) is 3.81. The van der Waals surface area contributed by atoms with E-state index in [1.807, 2.05) is 48.7 Å². The van der Waals surface area contributed by atoms with Crippen molar-refractivity contribution in [1.29, 1.82) is 0 Å². The molecule has 0 radical (unpaired) electrons. The Morgan fingerprint density at radius 3 is 2.81 bits per heavy atom. The van der Waals surface area contributed by atoms with E-state index in [4.69, 9.17) is 9.26 Å². The highest BCUT2D eigenvalue weighted by molar-refractivity contribution is 5.95. The van der Waals surface area contributed by atoms with Gasteiger partial charge in [-0.2, -0.15) is 0 Å². The Balaban J connectivity index is 1.82. The van der Waals surface area contributed by atoms with E-state index < -0.39 is 0 Å². The predicted molar refractivity (Wildman–Crippen MR) is 98.0 cm³/mol. The van der Waals surface area contributed by atoms with Crippen molar-refractivity contribution in [3.63, 3.8) is 0 Å². The predicted octanol–water partition coefficient (Wildman–Crippen LogP) is 3.50. The number of rotatable bonds is 3. The van der Waals surface area contributed by atoms with Crippen molar-refractivity contribution < 1.29 is 14.1 Å². The first kappa shape index (κ1) is 15.7. The van der Waals surface area contributed by atoms with E-state index in [1.165, 1.54) is 0 Å². The molecule has 5 rings (SSSR count). The molecule has 0 saturated carbocycles. The smallest absolute Gasteiger partial charge is 0.185 e. The molecular weight excluding hydrogens is 344 g/mol. The molecule has 0 spiro atoms. The molecule has 0 fully saturated rings. The fourth-order valence-electron chi connectivity index (χ4n) is 3.81. The number of aldehydes is 1. The van der Waals surface area contributed by atoms with Crippen LogP contribution in [-0.2, 0) is 0 Å². The summed E-state index contributed by atoms with van der Waals surface area (Å²) in [6.45, 7) is 4.13. The maximum atomic E-state index is 11.7. The van der Waals surface area contributed by atoms with Crippen LogP contribution in [0.25, 0.3) is 22.2 Å². The van der Waals surface area contributed by atoms with Crippen molar-refractivity contribution in [2.45, 2.75) is 19.9 Å². The molecule has 7 nitrogen and oxygen atoms in total. The normalized spacial score (nSPS) is 15.7. The standard InChI is InChI=1S/C20H16N4O3/c1-11-18(12(2)27-23-11)13-6-7-15-19-20(13)26-10-16(14-5-3-4-8-21-14)24(19)17(9-25)22-15/h3-9,16H,10H2,1-2H3. The van der Waals surface area contributed by atoms with Gasteiger partial charge in [0.15, 0.2) is 17.9 Å². The lowest BCUT2D eigenvalue weighted by molar-refractivity contribution is 0.110. The van der Waals surface area contributed by atoms with Gasteiger partial charge in [0, 0.05) is 11.8 Å². The first-order valence-corrected chi connectivity index (χ1v) is 8.66. The van der Waals surface area contributed by atoms with Gasteiger partial charge in [0.25, 0.3) is 0 Å². The molecule has 1 atom stereocenters. The molecule has 1 aliphatic heterocycles. The van der Waals surface area contributed by atoms with E-state index in [1.54, 1.807) is 6.20 Å². The second-order valence-electron chi connectivity index (χ2n) is 6.55. The summed E-state index contributed by atoms with van der Waals surface area (Å²) in [4.78, 5) is 20.7. The molecule has 1 aliphatic rings. The maximum absolute atomic E-state index is 11.7. The molecule has 27 heavy (non-hydrogen) atoms. The number of nitrogens with zero attached hydrogens (tertiary/aromatic N) is 4. The Morgan fingerprint density at radius 1 is 1.22 bits per heavy atom. The van der Waals surface area contributed by atoms with Gasteiger partial charge in [-0.15, -0.1) is 0 Å². The van der Waals surface area contributed by atoms with Gasteiger partial charge < -0.3 is 13.8 Å². The van der Waals surface area contributed by atoms with Gasteiger partial charge in [-0.1, -0.05) is 11.2 Å². The van der Waals surface area contributed by atoms with Crippen LogP contribution in [0.15, 0.2) is 41.1 Å². The van der Waals surface area contributed by atoms with Crippen LogP contribution in [0, 0.1) is 13.8 Å². The number of carbonyl (C=O) groups is 1. The van der Waals surface area contributed by atoms with Gasteiger partial charge in [0.2, 0.25) is 0 Å². The fraction of sp³-hybridized carbons (Fsp3) is 0.200. The molecule has 7 heteroatoms. The SMILES string of the molecule is Cc1noc(C)c1-c1ccc2nc(C=O)n3c2c1OCC3c1ccccn1. The number of benzene rings is 1. The van der Waals surface area contributed by atoms with Crippen molar-refractivity contribution in [1.82, 2.24) is 19.7 Å². The second kappa shape index (κ2) is 5.77. The van der Waals surface area contributed by atoms with E-state index in [2.05, 4.69) is 15.1 Å². The summed E-state index contributed by atoms with van der Waals surface area (Å²) in [5.74, 6) is 1.77. The van der Waals surface area contributed by atoms with Crippen LogP contribution in [0.4, 0.5) is 0 Å². The van der Waals surface area contributed by atoms with Crippen molar-refractivity contribution in [3.05, 3.63) is 59.5 Å². The summed E-state index contributed by atoms with van der Waals surface area (Å²) in [7, 11) is 0. The average Bonchev–Trinajstić information content (AvgIpc) is 3.24. The van der Waals surface area contributed by atoms with Gasteiger partial charge in [0.05, 0.1) is 22.5 Å². The highest BCUT2D eigenvalue weighted by atomic mass is 16.5. The van der Waals surface area contributed by atoms with Crippen LogP contribution in [0.5, 0.6) is 5.75 Å². The first-order chi connectivity index (χ1) is 13.2. The monoisotopic (exact) mass is 360 g/mol. The topological polar surface area (TPSA) is 83.0 Å². The summed E-state index contributed by atoms with van der Waals surface area (Å²) in [6.07, 6.45) is 2.51. The Labute approximate surface area is 154 Å². The number of carbonyl (C=O) groups excluding carboxylic acids is 1.